The van der Waals surface area contributed by atoms with Gasteiger partial charge in [0, 0.05) is 19.4 Å². The summed E-state index contributed by atoms with van der Waals surface area (Å²) in [6.45, 7) is 4.09. The molecule has 0 aliphatic heterocycles. The number of aliphatic hydroxyl groups excluding tert-OH is 1. The Labute approximate surface area is 129 Å². The first kappa shape index (κ1) is 18.1. The summed E-state index contributed by atoms with van der Waals surface area (Å²) in [6, 6.07) is 5.00. The van der Waals surface area contributed by atoms with Gasteiger partial charge in [-0.15, -0.1) is 0 Å². The largest absolute Gasteiger partial charge is 0.386 e. The highest BCUT2D eigenvalue weighted by molar-refractivity contribution is 5.79. The lowest BCUT2D eigenvalue weighted by molar-refractivity contribution is -0.123. The number of amides is 2. The Balaban J connectivity index is 2.37. The summed E-state index contributed by atoms with van der Waals surface area (Å²) in [5.41, 5.74) is 0.538. The molecule has 1 aromatic rings. The summed E-state index contributed by atoms with van der Waals surface area (Å²) >= 11 is 0. The standard InChI is InChI=1S/C16H23FN2O3/c1-3-18-14(20)5-4-6-15(21)19-11(2)16(22)12-7-9-13(17)10-8-12/h7-11,16,22H,3-6H2,1-2H3,(H,18,20)(H,19,21). The van der Waals surface area contributed by atoms with Crippen LogP contribution in [0.2, 0.25) is 0 Å². The fourth-order valence-electron chi connectivity index (χ4n) is 2.05. The fraction of sp³-hybridized carbons (Fsp3) is 0.500. The van der Waals surface area contributed by atoms with Crippen molar-refractivity contribution in [3.8, 4) is 0 Å². The number of hydrogen-bond acceptors (Lipinski definition) is 3. The second-order valence-electron chi connectivity index (χ2n) is 5.16. The molecular formula is C16H23FN2O3. The minimum Gasteiger partial charge on any atom is -0.386 e. The second-order valence-corrected chi connectivity index (χ2v) is 5.16. The Kier molecular flexibility index (Phi) is 7.52. The van der Waals surface area contributed by atoms with E-state index in [1.807, 2.05) is 6.92 Å². The third-order valence-electron chi connectivity index (χ3n) is 3.26. The van der Waals surface area contributed by atoms with Crippen molar-refractivity contribution < 1.29 is 19.1 Å². The van der Waals surface area contributed by atoms with E-state index >= 15 is 0 Å². The SMILES string of the molecule is CCNC(=O)CCCC(=O)NC(C)C(O)c1ccc(F)cc1. The Bertz CT molecular complexity index is 491. The van der Waals surface area contributed by atoms with E-state index in [1.54, 1.807) is 6.92 Å². The summed E-state index contributed by atoms with van der Waals surface area (Å²) in [7, 11) is 0. The maximum Gasteiger partial charge on any atom is 0.220 e. The van der Waals surface area contributed by atoms with Gasteiger partial charge in [0.1, 0.15) is 5.82 Å². The number of nitrogens with one attached hydrogen (secondary N) is 2. The number of rotatable bonds is 8. The average molecular weight is 310 g/mol. The van der Waals surface area contributed by atoms with Crippen LogP contribution in [-0.2, 0) is 9.59 Å². The van der Waals surface area contributed by atoms with E-state index in [2.05, 4.69) is 10.6 Å². The van der Waals surface area contributed by atoms with Crippen LogP contribution < -0.4 is 10.6 Å². The predicted molar refractivity (Wildman–Crippen MR) is 81.5 cm³/mol. The van der Waals surface area contributed by atoms with E-state index in [0.29, 0.717) is 24.9 Å². The Morgan fingerprint density at radius 1 is 1.18 bits per heavy atom. The predicted octanol–water partition coefficient (Wildman–Crippen LogP) is 1.67. The van der Waals surface area contributed by atoms with Gasteiger partial charge in [-0.25, -0.2) is 4.39 Å². The summed E-state index contributed by atoms with van der Waals surface area (Å²) < 4.78 is 12.8. The van der Waals surface area contributed by atoms with E-state index in [0.717, 1.165) is 0 Å². The van der Waals surface area contributed by atoms with Crippen LogP contribution >= 0.6 is 0 Å². The van der Waals surface area contributed by atoms with Gasteiger partial charge in [-0.1, -0.05) is 12.1 Å². The zero-order chi connectivity index (χ0) is 16.5. The number of carbonyl (C=O) groups is 2. The van der Waals surface area contributed by atoms with Crippen molar-refractivity contribution >= 4 is 11.8 Å². The Hall–Kier alpha value is -1.95. The van der Waals surface area contributed by atoms with Gasteiger partial charge in [0.25, 0.3) is 0 Å². The van der Waals surface area contributed by atoms with Gasteiger partial charge in [0.2, 0.25) is 11.8 Å². The number of hydrogen-bond donors (Lipinski definition) is 3. The minimum absolute atomic E-state index is 0.0744. The van der Waals surface area contributed by atoms with Crippen LogP contribution in [0.1, 0.15) is 44.8 Å². The lowest BCUT2D eigenvalue weighted by Gasteiger charge is -2.20. The van der Waals surface area contributed by atoms with Gasteiger partial charge in [0.15, 0.2) is 0 Å². The molecule has 2 atom stereocenters. The van der Waals surface area contributed by atoms with Gasteiger partial charge in [-0.3, -0.25) is 9.59 Å². The molecule has 3 N–H and O–H groups in total. The molecule has 0 saturated heterocycles. The summed E-state index contributed by atoms with van der Waals surface area (Å²) in [5.74, 6) is -0.675. The topological polar surface area (TPSA) is 78.4 Å². The third kappa shape index (κ3) is 6.22. The molecule has 0 saturated carbocycles. The number of carbonyl (C=O) groups excluding carboxylic acids is 2. The fourth-order valence-corrected chi connectivity index (χ4v) is 2.05. The highest BCUT2D eigenvalue weighted by Crippen LogP contribution is 2.17. The van der Waals surface area contributed by atoms with E-state index in [1.165, 1.54) is 24.3 Å². The van der Waals surface area contributed by atoms with Crippen molar-refractivity contribution in [2.24, 2.45) is 0 Å². The van der Waals surface area contributed by atoms with Crippen molar-refractivity contribution in [2.45, 2.75) is 45.3 Å². The molecule has 2 amide bonds. The van der Waals surface area contributed by atoms with Crippen molar-refractivity contribution in [3.05, 3.63) is 35.6 Å². The first-order valence-corrected chi connectivity index (χ1v) is 7.43. The molecule has 0 fully saturated rings. The number of aliphatic hydroxyl groups is 1. The highest BCUT2D eigenvalue weighted by atomic mass is 19.1. The molecule has 0 bridgehead atoms. The molecule has 0 heterocycles. The average Bonchev–Trinajstić information content (AvgIpc) is 2.47. The van der Waals surface area contributed by atoms with Crippen LogP contribution in [-0.4, -0.2) is 29.5 Å². The molecular weight excluding hydrogens is 287 g/mol. The van der Waals surface area contributed by atoms with Crippen LogP contribution in [0, 0.1) is 5.82 Å². The molecule has 1 rings (SSSR count). The smallest absolute Gasteiger partial charge is 0.220 e. The zero-order valence-corrected chi connectivity index (χ0v) is 12.9. The molecule has 122 valence electrons. The van der Waals surface area contributed by atoms with Gasteiger partial charge >= 0.3 is 0 Å². The van der Waals surface area contributed by atoms with Gasteiger partial charge in [-0.2, -0.15) is 0 Å². The van der Waals surface area contributed by atoms with Crippen molar-refractivity contribution in [3.63, 3.8) is 0 Å². The van der Waals surface area contributed by atoms with E-state index in [9.17, 15) is 19.1 Å². The van der Waals surface area contributed by atoms with E-state index in [-0.39, 0.29) is 24.1 Å². The highest BCUT2D eigenvalue weighted by Gasteiger charge is 2.18. The maximum absolute atomic E-state index is 12.8. The van der Waals surface area contributed by atoms with Gasteiger partial charge < -0.3 is 15.7 Å². The number of benzene rings is 1. The van der Waals surface area contributed by atoms with Crippen LogP contribution in [0.3, 0.4) is 0 Å². The normalized spacial score (nSPS) is 13.3. The molecule has 0 spiro atoms. The van der Waals surface area contributed by atoms with Crippen LogP contribution in [0.15, 0.2) is 24.3 Å². The first-order chi connectivity index (χ1) is 10.4. The molecule has 0 aliphatic rings. The molecule has 22 heavy (non-hydrogen) atoms. The molecule has 2 unspecified atom stereocenters. The third-order valence-corrected chi connectivity index (χ3v) is 3.26. The van der Waals surface area contributed by atoms with Crippen LogP contribution in [0.5, 0.6) is 0 Å². The Morgan fingerprint density at radius 2 is 1.77 bits per heavy atom. The molecule has 0 aliphatic carbocycles. The van der Waals surface area contributed by atoms with E-state index in [4.69, 9.17) is 0 Å². The number of halogens is 1. The van der Waals surface area contributed by atoms with Crippen LogP contribution in [0.4, 0.5) is 4.39 Å². The molecule has 6 heteroatoms. The molecule has 5 nitrogen and oxygen atoms in total. The summed E-state index contributed by atoms with van der Waals surface area (Å²) in [5, 5.41) is 15.5. The lowest BCUT2D eigenvalue weighted by Crippen LogP contribution is -2.37. The first-order valence-electron chi connectivity index (χ1n) is 7.43. The summed E-state index contributed by atoms with van der Waals surface area (Å²) in [4.78, 5) is 23.0. The molecule has 1 aromatic carbocycles. The van der Waals surface area contributed by atoms with E-state index < -0.39 is 12.1 Å². The zero-order valence-electron chi connectivity index (χ0n) is 12.9. The Morgan fingerprint density at radius 3 is 2.36 bits per heavy atom. The van der Waals surface area contributed by atoms with Gasteiger partial charge in [-0.05, 0) is 38.0 Å². The summed E-state index contributed by atoms with van der Waals surface area (Å²) in [6.07, 6.45) is 0.0677. The van der Waals surface area contributed by atoms with Crippen molar-refractivity contribution in [2.75, 3.05) is 6.54 Å². The quantitative estimate of drug-likeness (QED) is 0.683. The molecule has 0 radical (unpaired) electrons. The lowest BCUT2D eigenvalue weighted by atomic mass is 10.0. The monoisotopic (exact) mass is 310 g/mol. The minimum atomic E-state index is -0.909. The van der Waals surface area contributed by atoms with Gasteiger partial charge in [0.05, 0.1) is 12.1 Å². The maximum atomic E-state index is 12.8. The van der Waals surface area contributed by atoms with Crippen molar-refractivity contribution in [1.29, 1.82) is 0 Å². The molecule has 0 aromatic heterocycles. The van der Waals surface area contributed by atoms with Crippen LogP contribution in [0.25, 0.3) is 0 Å². The second kappa shape index (κ2) is 9.15. The van der Waals surface area contributed by atoms with Crippen molar-refractivity contribution in [1.82, 2.24) is 10.6 Å².